The van der Waals surface area contributed by atoms with Crippen LogP contribution in [0.25, 0.3) is 0 Å². The molecule has 0 fully saturated rings. The molecule has 0 saturated carbocycles. The number of rotatable bonds is 7. The predicted molar refractivity (Wildman–Crippen MR) is 70.7 cm³/mol. The Kier molecular flexibility index (Phi) is 5.95. The van der Waals surface area contributed by atoms with Crippen LogP contribution in [0.3, 0.4) is 0 Å². The normalized spacial score (nSPS) is 15.0. The summed E-state index contributed by atoms with van der Waals surface area (Å²) in [6.07, 6.45) is 2.39. The van der Waals surface area contributed by atoms with E-state index in [2.05, 4.69) is 29.5 Å². The number of thiazole rings is 1. The molecular weight excluding hydrogens is 218 g/mol. The molecular formula is C12H23N3S. The van der Waals surface area contributed by atoms with Crippen molar-refractivity contribution in [3.8, 4) is 0 Å². The summed E-state index contributed by atoms with van der Waals surface area (Å²) >= 11 is 1.73. The van der Waals surface area contributed by atoms with Crippen LogP contribution >= 0.6 is 11.3 Å². The van der Waals surface area contributed by atoms with Gasteiger partial charge < -0.3 is 11.1 Å². The van der Waals surface area contributed by atoms with E-state index in [0.717, 1.165) is 18.8 Å². The summed E-state index contributed by atoms with van der Waals surface area (Å²) in [6, 6.07) is 0.367. The second-order valence-corrected chi connectivity index (χ2v) is 5.38. The minimum atomic E-state index is 0.367. The molecule has 0 saturated heterocycles. The molecule has 92 valence electrons. The molecule has 0 amide bonds. The van der Waals surface area contributed by atoms with Crippen molar-refractivity contribution >= 4 is 11.3 Å². The van der Waals surface area contributed by atoms with Crippen molar-refractivity contribution in [3.05, 3.63) is 16.1 Å². The summed E-state index contributed by atoms with van der Waals surface area (Å²) in [5, 5.41) is 6.78. The highest BCUT2D eigenvalue weighted by Gasteiger charge is 2.08. The molecule has 1 heterocycles. The van der Waals surface area contributed by atoms with Crippen LogP contribution in [0.2, 0.25) is 0 Å². The number of aryl methyl sites for hydroxylation is 1. The zero-order valence-corrected chi connectivity index (χ0v) is 11.3. The number of hydrogen-bond donors (Lipinski definition) is 2. The van der Waals surface area contributed by atoms with Crippen LogP contribution in [0, 0.1) is 12.8 Å². The molecule has 0 aliphatic rings. The first-order valence-electron chi connectivity index (χ1n) is 5.99. The van der Waals surface area contributed by atoms with E-state index in [9.17, 15) is 0 Å². The molecule has 2 atom stereocenters. The minimum Gasteiger partial charge on any atom is -0.330 e. The van der Waals surface area contributed by atoms with Crippen LogP contribution in [0.5, 0.6) is 0 Å². The van der Waals surface area contributed by atoms with Gasteiger partial charge in [-0.2, -0.15) is 0 Å². The van der Waals surface area contributed by atoms with E-state index in [4.69, 9.17) is 5.73 Å². The second-order valence-electron chi connectivity index (χ2n) is 4.49. The number of nitrogens with two attached hydrogens (primary N) is 1. The maximum Gasteiger partial charge on any atom is 0.110 e. The van der Waals surface area contributed by atoms with E-state index in [-0.39, 0.29) is 0 Å². The Labute approximate surface area is 102 Å². The van der Waals surface area contributed by atoms with Crippen molar-refractivity contribution in [2.24, 2.45) is 11.7 Å². The Hall–Kier alpha value is -0.450. The zero-order valence-electron chi connectivity index (χ0n) is 10.5. The maximum absolute atomic E-state index is 5.58. The molecule has 0 bridgehead atoms. The lowest BCUT2D eigenvalue weighted by atomic mass is 10.1. The summed E-state index contributed by atoms with van der Waals surface area (Å²) in [5.74, 6) is 0.638. The van der Waals surface area contributed by atoms with Gasteiger partial charge in [0, 0.05) is 11.1 Å². The molecule has 1 rings (SSSR count). The largest absolute Gasteiger partial charge is 0.330 e. The van der Waals surface area contributed by atoms with Crippen LogP contribution in [-0.2, 0) is 0 Å². The first-order valence-corrected chi connectivity index (χ1v) is 6.87. The van der Waals surface area contributed by atoms with E-state index in [1.807, 2.05) is 6.92 Å². The van der Waals surface area contributed by atoms with Crippen LogP contribution in [0.1, 0.15) is 43.4 Å². The fourth-order valence-electron chi connectivity index (χ4n) is 1.55. The summed E-state index contributed by atoms with van der Waals surface area (Å²) < 4.78 is 0. The molecule has 0 spiro atoms. The molecule has 1 aromatic rings. The summed E-state index contributed by atoms with van der Waals surface area (Å²) in [4.78, 5) is 4.48. The highest BCUT2D eigenvalue weighted by Crippen LogP contribution is 2.17. The van der Waals surface area contributed by atoms with Gasteiger partial charge in [0.25, 0.3) is 0 Å². The highest BCUT2D eigenvalue weighted by molar-refractivity contribution is 7.09. The van der Waals surface area contributed by atoms with Gasteiger partial charge in [-0.3, -0.25) is 0 Å². The SMILES string of the molecule is Cc1csc(C(C)NCCCC(C)CN)n1. The van der Waals surface area contributed by atoms with Gasteiger partial charge in [0.15, 0.2) is 0 Å². The number of nitrogens with one attached hydrogen (secondary N) is 1. The van der Waals surface area contributed by atoms with Crippen molar-refractivity contribution in [1.29, 1.82) is 0 Å². The fourth-order valence-corrected chi connectivity index (χ4v) is 2.37. The van der Waals surface area contributed by atoms with Gasteiger partial charge in [-0.15, -0.1) is 11.3 Å². The Morgan fingerprint density at radius 2 is 2.25 bits per heavy atom. The van der Waals surface area contributed by atoms with Crippen molar-refractivity contribution in [2.75, 3.05) is 13.1 Å². The molecule has 3 nitrogen and oxygen atoms in total. The highest BCUT2D eigenvalue weighted by atomic mass is 32.1. The first kappa shape index (κ1) is 13.6. The van der Waals surface area contributed by atoms with Crippen LogP contribution < -0.4 is 11.1 Å². The molecule has 2 unspecified atom stereocenters. The molecule has 1 aromatic heterocycles. The zero-order chi connectivity index (χ0) is 12.0. The lowest BCUT2D eigenvalue weighted by Crippen LogP contribution is -2.21. The average Bonchev–Trinajstić information content (AvgIpc) is 2.70. The first-order chi connectivity index (χ1) is 7.63. The van der Waals surface area contributed by atoms with Gasteiger partial charge in [-0.05, 0) is 45.7 Å². The fraction of sp³-hybridized carbons (Fsp3) is 0.750. The molecule has 0 aliphatic carbocycles. The number of hydrogen-bond acceptors (Lipinski definition) is 4. The monoisotopic (exact) mass is 241 g/mol. The van der Waals surface area contributed by atoms with Gasteiger partial charge in [0.2, 0.25) is 0 Å². The van der Waals surface area contributed by atoms with Gasteiger partial charge in [-0.1, -0.05) is 6.92 Å². The van der Waals surface area contributed by atoms with E-state index in [1.165, 1.54) is 17.8 Å². The predicted octanol–water partition coefficient (Wildman–Crippen LogP) is 2.48. The van der Waals surface area contributed by atoms with Crippen molar-refractivity contribution in [2.45, 2.75) is 39.7 Å². The molecule has 0 aliphatic heterocycles. The van der Waals surface area contributed by atoms with Crippen molar-refractivity contribution in [1.82, 2.24) is 10.3 Å². The summed E-state index contributed by atoms with van der Waals surface area (Å²) in [7, 11) is 0. The van der Waals surface area contributed by atoms with Crippen molar-refractivity contribution < 1.29 is 0 Å². The Balaban J connectivity index is 2.18. The third-order valence-electron chi connectivity index (χ3n) is 2.73. The van der Waals surface area contributed by atoms with Crippen LogP contribution in [-0.4, -0.2) is 18.1 Å². The summed E-state index contributed by atoms with van der Waals surface area (Å²) in [5.41, 5.74) is 6.70. The quantitative estimate of drug-likeness (QED) is 0.721. The Morgan fingerprint density at radius 1 is 1.50 bits per heavy atom. The second kappa shape index (κ2) is 6.99. The molecule has 0 aromatic carbocycles. The van der Waals surface area contributed by atoms with Crippen molar-refractivity contribution in [3.63, 3.8) is 0 Å². The lowest BCUT2D eigenvalue weighted by molar-refractivity contribution is 0.479. The Morgan fingerprint density at radius 3 is 2.81 bits per heavy atom. The standard InChI is InChI=1S/C12H23N3S/c1-9(7-13)5-4-6-14-11(3)12-15-10(2)8-16-12/h8-9,11,14H,4-7,13H2,1-3H3. The topological polar surface area (TPSA) is 50.9 Å². The summed E-state index contributed by atoms with van der Waals surface area (Å²) in [6.45, 7) is 8.25. The molecule has 16 heavy (non-hydrogen) atoms. The number of aromatic nitrogens is 1. The Bertz CT molecular complexity index is 298. The van der Waals surface area contributed by atoms with Crippen LogP contribution in [0.15, 0.2) is 5.38 Å². The molecule has 3 N–H and O–H groups in total. The van der Waals surface area contributed by atoms with Crippen LogP contribution in [0.4, 0.5) is 0 Å². The van der Waals surface area contributed by atoms with E-state index in [1.54, 1.807) is 11.3 Å². The van der Waals surface area contributed by atoms with E-state index >= 15 is 0 Å². The van der Waals surface area contributed by atoms with E-state index < -0.39 is 0 Å². The minimum absolute atomic E-state index is 0.367. The van der Waals surface area contributed by atoms with Gasteiger partial charge in [-0.25, -0.2) is 4.98 Å². The third-order valence-corrected chi connectivity index (χ3v) is 3.88. The lowest BCUT2D eigenvalue weighted by Gasteiger charge is -2.12. The molecule has 4 heteroatoms. The smallest absolute Gasteiger partial charge is 0.110 e. The van der Waals surface area contributed by atoms with Gasteiger partial charge in [0.1, 0.15) is 5.01 Å². The molecule has 0 radical (unpaired) electrons. The van der Waals surface area contributed by atoms with Gasteiger partial charge in [0.05, 0.1) is 6.04 Å². The maximum atomic E-state index is 5.58. The number of nitrogens with zero attached hydrogens (tertiary/aromatic N) is 1. The third kappa shape index (κ3) is 4.60. The average molecular weight is 241 g/mol. The van der Waals surface area contributed by atoms with E-state index in [0.29, 0.717) is 12.0 Å². The van der Waals surface area contributed by atoms with Gasteiger partial charge >= 0.3 is 0 Å².